The molecule has 1 atom stereocenters. The van der Waals surface area contributed by atoms with Crippen LogP contribution in [0.4, 0.5) is 29.7 Å². The summed E-state index contributed by atoms with van der Waals surface area (Å²) in [5.41, 5.74) is 11.5. The first kappa shape index (κ1) is 23.1. The quantitative estimate of drug-likeness (QED) is 0.526. The molecule has 0 bridgehead atoms. The van der Waals surface area contributed by atoms with E-state index < -0.39 is 17.6 Å². The van der Waals surface area contributed by atoms with Crippen molar-refractivity contribution in [3.63, 3.8) is 0 Å². The molecule has 8 nitrogen and oxygen atoms in total. The van der Waals surface area contributed by atoms with Crippen LogP contribution in [0.1, 0.15) is 35.3 Å². The van der Waals surface area contributed by atoms with Crippen molar-refractivity contribution in [1.82, 2.24) is 14.8 Å². The molecule has 176 valence electrons. The second-order valence-electron chi connectivity index (χ2n) is 7.91. The van der Waals surface area contributed by atoms with Gasteiger partial charge in [0, 0.05) is 31.7 Å². The molecular weight excluding hydrogens is 455 g/mol. The number of nitrogens with two attached hydrogens (primary N) is 2. The Hall–Kier alpha value is -3.12. The first-order valence-corrected chi connectivity index (χ1v) is 11.2. The van der Waals surface area contributed by atoms with Crippen molar-refractivity contribution in [2.75, 3.05) is 29.0 Å². The molecule has 1 saturated heterocycles. The molecule has 3 aromatic rings. The first-order chi connectivity index (χ1) is 15.6. The van der Waals surface area contributed by atoms with Gasteiger partial charge in [0.05, 0.1) is 11.8 Å². The number of amides is 1. The summed E-state index contributed by atoms with van der Waals surface area (Å²) in [6.07, 6.45) is -0.367. The zero-order valence-corrected chi connectivity index (χ0v) is 18.7. The molecule has 1 aromatic carbocycles. The van der Waals surface area contributed by atoms with Crippen molar-refractivity contribution in [2.45, 2.75) is 31.5 Å². The Bertz CT molecular complexity index is 1160. The molecule has 1 aliphatic rings. The van der Waals surface area contributed by atoms with Crippen molar-refractivity contribution in [3.05, 3.63) is 41.7 Å². The zero-order chi connectivity index (χ0) is 23.8. The van der Waals surface area contributed by atoms with Crippen molar-refractivity contribution in [1.29, 1.82) is 0 Å². The number of aryl methyl sites for hydroxylation is 1. The molecule has 0 aliphatic carbocycles. The fourth-order valence-electron chi connectivity index (χ4n) is 3.94. The summed E-state index contributed by atoms with van der Waals surface area (Å²) < 4.78 is 41.9. The lowest BCUT2D eigenvalue weighted by Gasteiger charge is -2.24. The Morgan fingerprint density at radius 1 is 1.24 bits per heavy atom. The second kappa shape index (κ2) is 9.02. The fourth-order valence-corrected chi connectivity index (χ4v) is 4.80. The number of benzene rings is 1. The molecule has 1 amide bonds. The number of nitrogens with zero attached hydrogens (tertiary/aromatic N) is 4. The van der Waals surface area contributed by atoms with Gasteiger partial charge in [0.15, 0.2) is 11.5 Å². The number of nitrogen functional groups attached to an aromatic ring is 1. The summed E-state index contributed by atoms with van der Waals surface area (Å²) >= 11 is 0.838. The predicted octanol–water partition coefficient (Wildman–Crippen LogP) is 3.71. The molecule has 5 N–H and O–H groups in total. The predicted molar refractivity (Wildman–Crippen MR) is 122 cm³/mol. The highest BCUT2D eigenvalue weighted by Crippen LogP contribution is 2.40. The summed E-state index contributed by atoms with van der Waals surface area (Å²) in [6.45, 7) is 1.49. The van der Waals surface area contributed by atoms with Crippen molar-refractivity contribution >= 4 is 33.8 Å². The number of carbonyl (C=O) groups excluding carboxylic acids is 1. The molecule has 3 heterocycles. The number of anilines is 3. The third-order valence-electron chi connectivity index (χ3n) is 5.56. The highest BCUT2D eigenvalue weighted by molar-refractivity contribution is 7.19. The van der Waals surface area contributed by atoms with Crippen molar-refractivity contribution in [3.8, 4) is 10.6 Å². The number of rotatable bonds is 4. The van der Waals surface area contributed by atoms with Crippen LogP contribution >= 0.6 is 11.3 Å². The van der Waals surface area contributed by atoms with E-state index in [1.165, 1.54) is 24.4 Å². The number of hydrogen-bond acceptors (Lipinski definition) is 7. The lowest BCUT2D eigenvalue weighted by atomic mass is 10.1. The van der Waals surface area contributed by atoms with Gasteiger partial charge in [0.2, 0.25) is 0 Å². The molecule has 1 aliphatic heterocycles. The molecule has 1 fully saturated rings. The molecular formula is C21H24F3N7OS. The van der Waals surface area contributed by atoms with E-state index >= 15 is 0 Å². The van der Waals surface area contributed by atoms with E-state index in [2.05, 4.69) is 20.3 Å². The Morgan fingerprint density at radius 2 is 2.00 bits per heavy atom. The summed E-state index contributed by atoms with van der Waals surface area (Å²) in [6, 6.07) is 5.20. The highest BCUT2D eigenvalue weighted by atomic mass is 32.1. The molecule has 12 heteroatoms. The van der Waals surface area contributed by atoms with Gasteiger partial charge in [-0.1, -0.05) is 29.5 Å². The topological polar surface area (TPSA) is 115 Å². The van der Waals surface area contributed by atoms with Crippen LogP contribution in [0.15, 0.2) is 30.5 Å². The Morgan fingerprint density at radius 3 is 2.76 bits per heavy atom. The standard InChI is InChI=1S/C21H24F3N7OS/c1-30-20(31-9-4-5-12(25)8-10-31)15(11-27-30)28-18(32)16-17(26)33-19(29-16)13-6-2-3-7-14(13)21(22,23)24/h2-3,6-7,11-12H,4-5,8-10,25-26H2,1H3,(H,28,32). The molecule has 4 rings (SSSR count). The molecule has 1 unspecified atom stereocenters. The van der Waals surface area contributed by atoms with Crippen LogP contribution < -0.4 is 21.7 Å². The summed E-state index contributed by atoms with van der Waals surface area (Å²) in [4.78, 5) is 19.2. The average Bonchev–Trinajstić information content (AvgIpc) is 3.25. The molecule has 33 heavy (non-hydrogen) atoms. The van der Waals surface area contributed by atoms with Crippen LogP contribution in [-0.4, -0.2) is 39.8 Å². The first-order valence-electron chi connectivity index (χ1n) is 10.4. The van der Waals surface area contributed by atoms with E-state index in [-0.39, 0.29) is 27.3 Å². The van der Waals surface area contributed by atoms with Gasteiger partial charge in [-0.15, -0.1) is 0 Å². The van der Waals surface area contributed by atoms with E-state index in [9.17, 15) is 18.0 Å². The molecule has 2 aromatic heterocycles. The Labute approximate surface area is 192 Å². The minimum absolute atomic E-state index is 0.0264. The number of aromatic nitrogens is 3. The van der Waals surface area contributed by atoms with Gasteiger partial charge in [-0.05, 0) is 25.3 Å². The van der Waals surface area contributed by atoms with Gasteiger partial charge < -0.3 is 21.7 Å². The number of nitrogens with one attached hydrogen (secondary N) is 1. The van der Waals surface area contributed by atoms with E-state index in [0.29, 0.717) is 5.69 Å². The van der Waals surface area contributed by atoms with Gasteiger partial charge in [-0.3, -0.25) is 9.48 Å². The van der Waals surface area contributed by atoms with Crippen molar-refractivity contribution < 1.29 is 18.0 Å². The summed E-state index contributed by atoms with van der Waals surface area (Å²) in [5.74, 6) is 0.120. The molecule has 0 radical (unpaired) electrons. The Kier molecular flexibility index (Phi) is 6.30. The van der Waals surface area contributed by atoms with Gasteiger partial charge >= 0.3 is 6.18 Å². The monoisotopic (exact) mass is 479 g/mol. The largest absolute Gasteiger partial charge is 0.417 e. The fraction of sp³-hybridized carbons (Fsp3) is 0.381. The third-order valence-corrected chi connectivity index (χ3v) is 6.48. The molecule has 0 saturated carbocycles. The number of thiazole rings is 1. The second-order valence-corrected chi connectivity index (χ2v) is 8.94. The lowest BCUT2D eigenvalue weighted by molar-refractivity contribution is -0.137. The minimum Gasteiger partial charge on any atom is -0.389 e. The smallest absolute Gasteiger partial charge is 0.389 e. The maximum absolute atomic E-state index is 13.4. The number of halogens is 3. The van der Waals surface area contributed by atoms with Crippen LogP contribution in [0.5, 0.6) is 0 Å². The van der Waals surface area contributed by atoms with E-state index in [1.807, 2.05) is 0 Å². The number of alkyl halides is 3. The van der Waals surface area contributed by atoms with E-state index in [0.717, 1.165) is 55.6 Å². The van der Waals surface area contributed by atoms with Crippen LogP contribution in [-0.2, 0) is 13.2 Å². The van der Waals surface area contributed by atoms with Crippen LogP contribution in [0.3, 0.4) is 0 Å². The van der Waals surface area contributed by atoms with Crippen LogP contribution in [0.2, 0.25) is 0 Å². The van der Waals surface area contributed by atoms with Crippen molar-refractivity contribution in [2.24, 2.45) is 12.8 Å². The lowest BCUT2D eigenvalue weighted by Crippen LogP contribution is -2.29. The van der Waals surface area contributed by atoms with Gasteiger partial charge in [0.1, 0.15) is 15.7 Å². The SMILES string of the molecule is Cn1ncc(NC(=O)c2nc(-c3ccccc3C(F)(F)F)sc2N)c1N1CCCC(N)CC1. The minimum atomic E-state index is -4.56. The van der Waals surface area contributed by atoms with Gasteiger partial charge in [0.25, 0.3) is 5.91 Å². The zero-order valence-electron chi connectivity index (χ0n) is 17.9. The van der Waals surface area contributed by atoms with Gasteiger partial charge in [-0.25, -0.2) is 4.98 Å². The Balaban J connectivity index is 1.60. The average molecular weight is 480 g/mol. The van der Waals surface area contributed by atoms with Gasteiger partial charge in [-0.2, -0.15) is 18.3 Å². The highest BCUT2D eigenvalue weighted by Gasteiger charge is 2.34. The normalized spacial score (nSPS) is 17.1. The molecule has 0 spiro atoms. The van der Waals surface area contributed by atoms with Crippen LogP contribution in [0.25, 0.3) is 10.6 Å². The summed E-state index contributed by atoms with van der Waals surface area (Å²) in [7, 11) is 1.78. The maximum atomic E-state index is 13.4. The maximum Gasteiger partial charge on any atom is 0.417 e. The van der Waals surface area contributed by atoms with E-state index in [1.54, 1.807) is 11.7 Å². The van der Waals surface area contributed by atoms with Crippen LogP contribution in [0, 0.1) is 0 Å². The summed E-state index contributed by atoms with van der Waals surface area (Å²) in [5, 5.41) is 7.09. The number of carbonyl (C=O) groups is 1. The third kappa shape index (κ3) is 4.81. The van der Waals surface area contributed by atoms with E-state index in [4.69, 9.17) is 11.5 Å². The number of hydrogen-bond donors (Lipinski definition) is 3.